The van der Waals surface area contributed by atoms with Crippen LogP contribution in [0.15, 0.2) is 22.5 Å². The predicted octanol–water partition coefficient (Wildman–Crippen LogP) is 0.869. The van der Waals surface area contributed by atoms with E-state index in [1.54, 1.807) is 11.3 Å². The van der Waals surface area contributed by atoms with Crippen LogP contribution >= 0.6 is 11.3 Å². The van der Waals surface area contributed by atoms with Gasteiger partial charge in [-0.25, -0.2) is 13.6 Å². The first kappa shape index (κ1) is 17.9. The molecule has 1 aromatic heterocycles. The fourth-order valence-corrected chi connectivity index (χ4v) is 2.90. The number of primary sulfonamides is 1. The van der Waals surface area contributed by atoms with Crippen molar-refractivity contribution < 1.29 is 8.42 Å². The van der Waals surface area contributed by atoms with Crippen LogP contribution in [0.3, 0.4) is 0 Å². The third-order valence-electron chi connectivity index (χ3n) is 2.84. The normalized spacial score (nSPS) is 13.2. The fourth-order valence-electron chi connectivity index (χ4n) is 1.67. The van der Waals surface area contributed by atoms with E-state index in [0.717, 1.165) is 0 Å². The zero-order chi connectivity index (χ0) is 15.9. The Morgan fingerprint density at radius 1 is 1.43 bits per heavy atom. The summed E-state index contributed by atoms with van der Waals surface area (Å²) >= 11 is 1.71. The molecule has 8 heteroatoms. The number of guanidine groups is 1. The van der Waals surface area contributed by atoms with E-state index in [9.17, 15) is 8.42 Å². The number of hydrogen-bond donors (Lipinski definition) is 3. The maximum Gasteiger partial charge on any atom is 0.210 e. The lowest BCUT2D eigenvalue weighted by Gasteiger charge is -2.21. The summed E-state index contributed by atoms with van der Waals surface area (Å²) < 4.78 is 21.8. The van der Waals surface area contributed by atoms with Gasteiger partial charge < -0.3 is 10.6 Å². The molecule has 0 aliphatic carbocycles. The molecule has 0 spiro atoms. The van der Waals surface area contributed by atoms with Crippen LogP contribution in [0.1, 0.15) is 25.6 Å². The molecule has 0 fully saturated rings. The van der Waals surface area contributed by atoms with Crippen LogP contribution in [-0.2, 0) is 15.4 Å². The van der Waals surface area contributed by atoms with Gasteiger partial charge in [0.25, 0.3) is 0 Å². The molecule has 0 aliphatic heterocycles. The van der Waals surface area contributed by atoms with Crippen molar-refractivity contribution in [2.45, 2.75) is 26.2 Å². The summed E-state index contributed by atoms with van der Waals surface area (Å²) in [6.45, 7) is 7.79. The van der Waals surface area contributed by atoms with Gasteiger partial charge in [-0.05, 0) is 18.4 Å². The second-order valence-corrected chi connectivity index (χ2v) is 8.03. The molecule has 6 nitrogen and oxygen atoms in total. The topological polar surface area (TPSA) is 96.6 Å². The maximum absolute atomic E-state index is 10.9. The van der Waals surface area contributed by atoms with E-state index in [-0.39, 0.29) is 17.7 Å². The number of sulfonamides is 1. The number of thiophene rings is 1. The van der Waals surface area contributed by atoms with Gasteiger partial charge in [-0.1, -0.05) is 19.9 Å². The van der Waals surface area contributed by atoms with Gasteiger partial charge in [-0.15, -0.1) is 11.3 Å². The highest BCUT2D eigenvalue weighted by molar-refractivity contribution is 7.89. The number of aliphatic imine (C=N–C) groups is 1. The summed E-state index contributed by atoms with van der Waals surface area (Å²) in [6, 6.07) is 4.13. The molecule has 0 unspecified atom stereocenters. The molecular formula is C13H24N4O2S2. The Hall–Kier alpha value is -1.12. The Morgan fingerprint density at radius 2 is 2.14 bits per heavy atom. The Labute approximate surface area is 130 Å². The molecule has 0 radical (unpaired) electrons. The third-order valence-corrected chi connectivity index (χ3v) is 4.85. The SMILES string of the molecule is CCNC(=NCC(C)(C)c1cccs1)NCCS(N)(=O)=O. The number of nitrogens with zero attached hydrogens (tertiary/aromatic N) is 1. The first-order chi connectivity index (χ1) is 9.74. The minimum Gasteiger partial charge on any atom is -0.357 e. The summed E-state index contributed by atoms with van der Waals surface area (Å²) in [4.78, 5) is 5.80. The van der Waals surface area contributed by atoms with Crippen LogP contribution in [0.4, 0.5) is 0 Å². The van der Waals surface area contributed by atoms with Gasteiger partial charge in [0, 0.05) is 23.4 Å². The summed E-state index contributed by atoms with van der Waals surface area (Å²) in [5, 5.41) is 13.1. The zero-order valence-corrected chi connectivity index (χ0v) is 14.4. The minimum atomic E-state index is -3.46. The van der Waals surface area contributed by atoms with Crippen LogP contribution in [0, 0.1) is 0 Å². The van der Waals surface area contributed by atoms with Crippen molar-refractivity contribution in [1.29, 1.82) is 0 Å². The molecule has 1 rings (SSSR count). The fraction of sp³-hybridized carbons (Fsp3) is 0.615. The molecule has 0 aliphatic rings. The predicted molar refractivity (Wildman–Crippen MR) is 89.3 cm³/mol. The lowest BCUT2D eigenvalue weighted by atomic mass is 9.92. The molecule has 4 N–H and O–H groups in total. The molecule has 1 aromatic rings. The number of nitrogens with one attached hydrogen (secondary N) is 2. The van der Waals surface area contributed by atoms with E-state index >= 15 is 0 Å². The number of nitrogens with two attached hydrogens (primary N) is 1. The molecule has 0 bridgehead atoms. The highest BCUT2D eigenvalue weighted by Gasteiger charge is 2.21. The largest absolute Gasteiger partial charge is 0.357 e. The van der Waals surface area contributed by atoms with E-state index in [2.05, 4.69) is 40.9 Å². The Morgan fingerprint density at radius 3 is 2.67 bits per heavy atom. The van der Waals surface area contributed by atoms with Crippen molar-refractivity contribution in [2.24, 2.45) is 10.1 Å². The third kappa shape index (κ3) is 6.92. The molecule has 0 saturated carbocycles. The molecule has 0 aromatic carbocycles. The molecule has 0 amide bonds. The van der Waals surface area contributed by atoms with Crippen LogP contribution < -0.4 is 15.8 Å². The van der Waals surface area contributed by atoms with Crippen molar-refractivity contribution in [1.82, 2.24) is 10.6 Å². The summed E-state index contributed by atoms with van der Waals surface area (Å²) in [5.74, 6) is 0.483. The maximum atomic E-state index is 10.9. The lowest BCUT2D eigenvalue weighted by molar-refractivity contribution is 0.548. The van der Waals surface area contributed by atoms with E-state index in [1.165, 1.54) is 4.88 Å². The smallest absolute Gasteiger partial charge is 0.210 e. The Bertz CT molecular complexity index is 551. The van der Waals surface area contributed by atoms with Crippen LogP contribution in [-0.4, -0.2) is 39.8 Å². The number of rotatable bonds is 7. The second kappa shape index (κ2) is 7.77. The van der Waals surface area contributed by atoms with Crippen molar-refractivity contribution in [2.75, 3.05) is 25.4 Å². The highest BCUT2D eigenvalue weighted by Crippen LogP contribution is 2.27. The minimum absolute atomic E-state index is 0.0591. The van der Waals surface area contributed by atoms with Crippen LogP contribution in [0.2, 0.25) is 0 Å². The summed E-state index contributed by atoms with van der Waals surface area (Å²) in [5.41, 5.74) is -0.0591. The first-order valence-corrected chi connectivity index (χ1v) is 9.41. The monoisotopic (exact) mass is 332 g/mol. The molecule has 21 heavy (non-hydrogen) atoms. The first-order valence-electron chi connectivity index (χ1n) is 6.81. The van der Waals surface area contributed by atoms with Gasteiger partial charge >= 0.3 is 0 Å². The summed E-state index contributed by atoms with van der Waals surface area (Å²) in [7, 11) is -3.46. The highest BCUT2D eigenvalue weighted by atomic mass is 32.2. The Balaban J connectivity index is 2.63. The molecule has 120 valence electrons. The lowest BCUT2D eigenvalue weighted by Crippen LogP contribution is -2.41. The van der Waals surface area contributed by atoms with Gasteiger partial charge in [0.05, 0.1) is 12.3 Å². The average molecular weight is 332 g/mol. The van der Waals surface area contributed by atoms with Crippen LogP contribution in [0.5, 0.6) is 0 Å². The van der Waals surface area contributed by atoms with E-state index in [4.69, 9.17) is 5.14 Å². The van der Waals surface area contributed by atoms with Gasteiger partial charge in [0.15, 0.2) is 5.96 Å². The average Bonchev–Trinajstić information content (AvgIpc) is 2.89. The van der Waals surface area contributed by atoms with Crippen molar-refractivity contribution in [3.05, 3.63) is 22.4 Å². The van der Waals surface area contributed by atoms with Crippen LogP contribution in [0.25, 0.3) is 0 Å². The van der Waals surface area contributed by atoms with E-state index in [1.807, 2.05) is 13.0 Å². The van der Waals surface area contributed by atoms with E-state index < -0.39 is 10.0 Å². The van der Waals surface area contributed by atoms with Gasteiger partial charge in [0.2, 0.25) is 10.0 Å². The molecule has 0 atom stereocenters. The van der Waals surface area contributed by atoms with Gasteiger partial charge in [0.1, 0.15) is 0 Å². The zero-order valence-electron chi connectivity index (χ0n) is 12.7. The summed E-state index contributed by atoms with van der Waals surface area (Å²) in [6.07, 6.45) is 0. The van der Waals surface area contributed by atoms with Crippen molar-refractivity contribution in [3.63, 3.8) is 0 Å². The molecule has 1 heterocycles. The Kier molecular flexibility index (Phi) is 6.63. The van der Waals surface area contributed by atoms with Crippen molar-refractivity contribution >= 4 is 27.3 Å². The van der Waals surface area contributed by atoms with Gasteiger partial charge in [-0.3, -0.25) is 4.99 Å². The van der Waals surface area contributed by atoms with Crippen molar-refractivity contribution in [3.8, 4) is 0 Å². The quantitative estimate of drug-likeness (QED) is 0.510. The standard InChI is InChI=1S/C13H24N4O2S2/c1-4-15-12(16-7-9-21(14,18)19)17-10-13(2,3)11-6-5-8-20-11/h5-6,8H,4,7,9-10H2,1-3H3,(H2,14,18,19)(H2,15,16,17). The van der Waals surface area contributed by atoms with E-state index in [0.29, 0.717) is 19.0 Å². The molecule has 0 saturated heterocycles. The second-order valence-electron chi connectivity index (χ2n) is 5.35. The van der Waals surface area contributed by atoms with Gasteiger partial charge in [-0.2, -0.15) is 0 Å². The number of hydrogen-bond acceptors (Lipinski definition) is 4. The molecular weight excluding hydrogens is 308 g/mol.